The van der Waals surface area contributed by atoms with E-state index >= 15 is 0 Å². The van der Waals surface area contributed by atoms with E-state index in [1.54, 1.807) is 0 Å². The topological polar surface area (TPSA) is 17.1 Å². The van der Waals surface area contributed by atoms with Gasteiger partial charge in [0.25, 0.3) is 0 Å². The van der Waals surface area contributed by atoms with Gasteiger partial charge >= 0.3 is 0 Å². The summed E-state index contributed by atoms with van der Waals surface area (Å²) in [6.45, 7) is 0. The lowest BCUT2D eigenvalue weighted by Gasteiger charge is -2.04. The van der Waals surface area contributed by atoms with Crippen LogP contribution in [0.2, 0.25) is 0 Å². The Hall–Kier alpha value is -2.67. The smallest absolute Gasteiger partial charge is 0.163 e. The lowest BCUT2D eigenvalue weighted by molar-refractivity contribution is 0.0983. The molecule has 0 spiro atoms. The molecule has 0 aliphatic carbocycles. The van der Waals surface area contributed by atoms with E-state index in [0.29, 0.717) is 6.42 Å². The van der Waals surface area contributed by atoms with Crippen LogP contribution in [0.1, 0.15) is 22.3 Å². The maximum Gasteiger partial charge on any atom is 0.163 e. The van der Waals surface area contributed by atoms with Gasteiger partial charge in [0.15, 0.2) is 5.78 Å². The van der Waals surface area contributed by atoms with E-state index in [4.69, 9.17) is 0 Å². The Morgan fingerprint density at radius 3 is 1.82 bits per heavy atom. The fourth-order valence-corrected chi connectivity index (χ4v) is 2.53. The molecule has 3 aromatic rings. The molecule has 0 aromatic heterocycles. The first-order chi connectivity index (χ1) is 10.8. The number of ketones is 1. The lowest BCUT2D eigenvalue weighted by Crippen LogP contribution is -2.01. The van der Waals surface area contributed by atoms with E-state index in [1.165, 1.54) is 11.1 Å². The summed E-state index contributed by atoms with van der Waals surface area (Å²) in [5.74, 6) is 0.198. The molecule has 22 heavy (non-hydrogen) atoms. The van der Waals surface area contributed by atoms with E-state index in [1.807, 2.05) is 60.7 Å². The molecule has 0 N–H and O–H groups in total. The highest BCUT2D eigenvalue weighted by Crippen LogP contribution is 2.20. The highest BCUT2D eigenvalue weighted by molar-refractivity contribution is 5.96. The minimum Gasteiger partial charge on any atom is -0.294 e. The predicted octanol–water partition coefficient (Wildman–Crippen LogP) is 5.17. The van der Waals surface area contributed by atoms with E-state index in [9.17, 15) is 4.79 Å². The normalized spacial score (nSPS) is 10.4. The highest BCUT2D eigenvalue weighted by Gasteiger charge is 2.06. The zero-order chi connectivity index (χ0) is 15.2. The Morgan fingerprint density at radius 1 is 0.636 bits per heavy atom. The number of aryl methyl sites for hydroxylation is 1. The monoisotopic (exact) mass is 286 g/mol. The number of carbonyl (C=O) groups is 1. The van der Waals surface area contributed by atoms with Crippen molar-refractivity contribution in [3.63, 3.8) is 0 Å². The molecule has 0 fully saturated rings. The summed E-state index contributed by atoms with van der Waals surface area (Å²) in [7, 11) is 0. The van der Waals surface area contributed by atoms with E-state index in [2.05, 4.69) is 24.3 Å². The van der Waals surface area contributed by atoms with Crippen molar-refractivity contribution in [3.8, 4) is 11.1 Å². The molecule has 0 saturated heterocycles. The fraction of sp³-hybridized carbons (Fsp3) is 0.0952. The zero-order valence-electron chi connectivity index (χ0n) is 12.4. The van der Waals surface area contributed by atoms with Crippen LogP contribution in [0.5, 0.6) is 0 Å². The number of hydrogen-bond acceptors (Lipinski definition) is 1. The predicted molar refractivity (Wildman–Crippen MR) is 91.0 cm³/mol. The van der Waals surface area contributed by atoms with Crippen LogP contribution in [-0.4, -0.2) is 5.78 Å². The third-order valence-electron chi connectivity index (χ3n) is 3.80. The average molecular weight is 286 g/mol. The molecule has 0 radical (unpaired) electrons. The van der Waals surface area contributed by atoms with Crippen molar-refractivity contribution in [1.82, 2.24) is 0 Å². The number of rotatable bonds is 5. The summed E-state index contributed by atoms with van der Waals surface area (Å²) in [5.41, 5.74) is 4.30. The van der Waals surface area contributed by atoms with Gasteiger partial charge in [-0.15, -0.1) is 0 Å². The van der Waals surface area contributed by atoms with Crippen molar-refractivity contribution in [2.75, 3.05) is 0 Å². The second-order valence-corrected chi connectivity index (χ2v) is 5.35. The summed E-state index contributed by atoms with van der Waals surface area (Å²) < 4.78 is 0. The largest absolute Gasteiger partial charge is 0.294 e. The Kier molecular flexibility index (Phi) is 4.45. The van der Waals surface area contributed by atoms with Gasteiger partial charge in [-0.2, -0.15) is 0 Å². The summed E-state index contributed by atoms with van der Waals surface area (Å²) in [4.78, 5) is 12.3. The molecule has 0 aliphatic heterocycles. The molecule has 1 heteroatoms. The molecule has 0 atom stereocenters. The molecule has 3 rings (SSSR count). The standard InChI is InChI=1S/C21H18O/c22-21(16-11-17-7-3-1-4-8-17)20-14-12-19(13-15-20)18-9-5-2-6-10-18/h1-10,12-15H,11,16H2. The number of hydrogen-bond donors (Lipinski definition) is 0. The fourth-order valence-electron chi connectivity index (χ4n) is 2.53. The van der Waals surface area contributed by atoms with Gasteiger partial charge in [-0.05, 0) is 23.1 Å². The summed E-state index contributed by atoms with van der Waals surface area (Å²) in [6, 6.07) is 28.2. The second kappa shape index (κ2) is 6.86. The van der Waals surface area contributed by atoms with Crippen LogP contribution in [0.4, 0.5) is 0 Å². The van der Waals surface area contributed by atoms with Crippen LogP contribution in [0, 0.1) is 0 Å². The molecule has 0 aliphatic rings. The molecule has 1 nitrogen and oxygen atoms in total. The van der Waals surface area contributed by atoms with Crippen molar-refractivity contribution in [1.29, 1.82) is 0 Å². The average Bonchev–Trinajstić information content (AvgIpc) is 2.61. The maximum absolute atomic E-state index is 12.3. The molecule has 3 aromatic carbocycles. The minimum atomic E-state index is 0.198. The number of benzene rings is 3. The SMILES string of the molecule is O=C(CCc1ccccc1)c1ccc(-c2ccccc2)cc1. The van der Waals surface area contributed by atoms with Crippen LogP contribution < -0.4 is 0 Å². The molecular weight excluding hydrogens is 268 g/mol. The second-order valence-electron chi connectivity index (χ2n) is 5.35. The molecular formula is C21H18O. The Balaban J connectivity index is 1.66. The number of carbonyl (C=O) groups excluding carboxylic acids is 1. The summed E-state index contributed by atoms with van der Waals surface area (Å²) in [5, 5.41) is 0. The van der Waals surface area contributed by atoms with Crippen molar-refractivity contribution in [2.45, 2.75) is 12.8 Å². The highest BCUT2D eigenvalue weighted by atomic mass is 16.1. The Labute approximate surface area is 131 Å². The van der Waals surface area contributed by atoms with Gasteiger partial charge in [0, 0.05) is 12.0 Å². The molecule has 0 bridgehead atoms. The first kappa shape index (κ1) is 14.3. The van der Waals surface area contributed by atoms with E-state index in [-0.39, 0.29) is 5.78 Å². The summed E-state index contributed by atoms with van der Waals surface area (Å²) in [6.07, 6.45) is 1.34. The van der Waals surface area contributed by atoms with Crippen LogP contribution in [-0.2, 0) is 6.42 Å². The van der Waals surface area contributed by atoms with Gasteiger partial charge in [-0.1, -0.05) is 84.9 Å². The van der Waals surface area contributed by atoms with E-state index in [0.717, 1.165) is 17.5 Å². The van der Waals surface area contributed by atoms with E-state index < -0.39 is 0 Å². The van der Waals surface area contributed by atoms with Crippen LogP contribution in [0.3, 0.4) is 0 Å². The van der Waals surface area contributed by atoms with Gasteiger partial charge in [0.1, 0.15) is 0 Å². The van der Waals surface area contributed by atoms with Crippen molar-refractivity contribution in [2.24, 2.45) is 0 Å². The minimum absolute atomic E-state index is 0.198. The van der Waals surface area contributed by atoms with Crippen LogP contribution in [0.25, 0.3) is 11.1 Å². The van der Waals surface area contributed by atoms with Crippen LogP contribution in [0.15, 0.2) is 84.9 Å². The van der Waals surface area contributed by atoms with Gasteiger partial charge in [0.05, 0.1) is 0 Å². The summed E-state index contributed by atoms with van der Waals surface area (Å²) >= 11 is 0. The Bertz CT molecular complexity index is 728. The number of Topliss-reactive ketones (excluding diaryl/α,β-unsaturated/α-hetero) is 1. The molecule has 108 valence electrons. The quantitative estimate of drug-likeness (QED) is 0.591. The zero-order valence-corrected chi connectivity index (χ0v) is 12.4. The third-order valence-corrected chi connectivity index (χ3v) is 3.80. The molecule has 0 saturated carbocycles. The van der Waals surface area contributed by atoms with Crippen LogP contribution >= 0.6 is 0 Å². The van der Waals surface area contributed by atoms with Gasteiger partial charge < -0.3 is 0 Å². The first-order valence-corrected chi connectivity index (χ1v) is 7.55. The van der Waals surface area contributed by atoms with Gasteiger partial charge in [-0.25, -0.2) is 0 Å². The van der Waals surface area contributed by atoms with Gasteiger partial charge in [-0.3, -0.25) is 4.79 Å². The van der Waals surface area contributed by atoms with Gasteiger partial charge in [0.2, 0.25) is 0 Å². The van der Waals surface area contributed by atoms with Crippen molar-refractivity contribution in [3.05, 3.63) is 96.1 Å². The van der Waals surface area contributed by atoms with Crippen molar-refractivity contribution < 1.29 is 4.79 Å². The van der Waals surface area contributed by atoms with Crippen molar-refractivity contribution >= 4 is 5.78 Å². The first-order valence-electron chi connectivity index (χ1n) is 7.55. The molecule has 0 heterocycles. The maximum atomic E-state index is 12.3. The Morgan fingerprint density at radius 2 is 1.18 bits per heavy atom. The lowest BCUT2D eigenvalue weighted by atomic mass is 9.99. The molecule has 0 unspecified atom stereocenters. The third kappa shape index (κ3) is 3.50. The molecule has 0 amide bonds.